The van der Waals surface area contributed by atoms with Gasteiger partial charge in [0.25, 0.3) is 5.91 Å². The highest BCUT2D eigenvalue weighted by atomic mass is 16.2. The third kappa shape index (κ3) is 4.12. The number of hydrogen-bond acceptors (Lipinski definition) is 4. The average molecular weight is 161 g/mol. The van der Waals surface area contributed by atoms with Gasteiger partial charge in [-0.15, -0.1) is 0 Å². The van der Waals surface area contributed by atoms with Crippen LogP contribution in [0.25, 0.3) is 0 Å². The van der Waals surface area contributed by atoms with E-state index in [4.69, 9.17) is 11.6 Å². The smallest absolute Gasteiger partial charge is 0.326 e. The van der Waals surface area contributed by atoms with Crippen LogP contribution in [-0.4, -0.2) is 18.0 Å². The van der Waals surface area contributed by atoms with Crippen molar-refractivity contribution in [3.63, 3.8) is 0 Å². The van der Waals surface area contributed by atoms with Crippen LogP contribution in [0.2, 0.25) is 0 Å². The first-order valence-corrected chi connectivity index (χ1v) is 2.89. The van der Waals surface area contributed by atoms with Gasteiger partial charge in [-0.3, -0.25) is 15.6 Å². The Hall–Kier alpha value is -1.34. The zero-order chi connectivity index (χ0) is 8.85. The van der Waals surface area contributed by atoms with E-state index in [1.54, 1.807) is 0 Å². The quantitative estimate of drug-likeness (QED) is 0.179. The Morgan fingerprint density at radius 1 is 1.45 bits per heavy atom. The highest BCUT2D eigenvalue weighted by Crippen LogP contribution is 1.75. The Balaban J connectivity index is 3.60. The van der Waals surface area contributed by atoms with Crippen molar-refractivity contribution in [2.75, 3.05) is 0 Å². The lowest BCUT2D eigenvalue weighted by atomic mass is 10.3. The number of nitrogens with two attached hydrogens (primary N) is 2. The lowest BCUT2D eigenvalue weighted by Gasteiger charge is -2.10. The van der Waals surface area contributed by atoms with Gasteiger partial charge >= 0.3 is 6.03 Å². The van der Waals surface area contributed by atoms with Crippen LogP contribution >= 0.6 is 0 Å². The molecule has 0 aromatic rings. The fraction of sp³-hybridized carbons (Fsp3) is 0.500. The molecule has 0 rings (SSSR count). The highest BCUT2D eigenvalue weighted by molar-refractivity contribution is 5.81. The van der Waals surface area contributed by atoms with Gasteiger partial charge in [-0.05, 0) is 6.92 Å². The molecule has 0 spiro atoms. The second kappa shape index (κ2) is 4.47. The molecule has 0 saturated carbocycles. The molecule has 0 bridgehead atoms. The largest absolute Gasteiger partial charge is 0.351 e. The summed E-state index contributed by atoms with van der Waals surface area (Å²) in [5, 5.41) is 0. The molecule has 64 valence electrons. The summed E-state index contributed by atoms with van der Waals surface area (Å²) in [4.78, 5) is 20.7. The van der Waals surface area contributed by atoms with Crippen LogP contribution in [-0.2, 0) is 4.79 Å². The topological polar surface area (TPSA) is 122 Å². The van der Waals surface area contributed by atoms with Crippen LogP contribution in [0.3, 0.4) is 0 Å². The number of primary amides is 1. The van der Waals surface area contributed by atoms with Crippen molar-refractivity contribution in [2.24, 2.45) is 11.6 Å². The third-order valence-corrected chi connectivity index (χ3v) is 0.947. The van der Waals surface area contributed by atoms with E-state index in [1.807, 2.05) is 10.9 Å². The normalized spacial score (nSPS) is 11.8. The van der Waals surface area contributed by atoms with Crippen molar-refractivity contribution in [2.45, 2.75) is 13.0 Å². The number of carbonyl (C=O) groups excluding carboxylic acids is 2. The number of rotatable bonds is 3. The van der Waals surface area contributed by atoms with E-state index in [-0.39, 0.29) is 0 Å². The van der Waals surface area contributed by atoms with Gasteiger partial charge in [0.1, 0.15) is 6.04 Å². The molecule has 1 atom stereocenters. The molecule has 7 nitrogen and oxygen atoms in total. The van der Waals surface area contributed by atoms with Crippen LogP contribution in [0.15, 0.2) is 0 Å². The first kappa shape index (κ1) is 9.66. The predicted octanol–water partition coefficient (Wildman–Crippen LogP) is -2.46. The van der Waals surface area contributed by atoms with E-state index in [9.17, 15) is 9.59 Å². The standard InChI is InChI=1S/C4H11N5O2/c1-2(3(10)7-6)8-9-4(5)11/h2,8H,6H2,1H3,(H,7,10)(H3,5,9,11). The first-order valence-electron chi connectivity index (χ1n) is 2.89. The molecule has 0 radical (unpaired) electrons. The van der Waals surface area contributed by atoms with Crippen LogP contribution in [0, 0.1) is 0 Å². The van der Waals surface area contributed by atoms with Gasteiger partial charge in [0, 0.05) is 0 Å². The van der Waals surface area contributed by atoms with Crippen LogP contribution in [0.1, 0.15) is 6.92 Å². The molecule has 0 heterocycles. The Bertz CT molecular complexity index is 159. The van der Waals surface area contributed by atoms with Gasteiger partial charge in [0.2, 0.25) is 0 Å². The van der Waals surface area contributed by atoms with Crippen LogP contribution < -0.4 is 27.9 Å². The molecule has 3 amide bonds. The fourth-order valence-electron chi connectivity index (χ4n) is 0.370. The molecule has 0 aliphatic rings. The SMILES string of the molecule is CC(NNC(N)=O)C(=O)NN. The van der Waals surface area contributed by atoms with Gasteiger partial charge in [-0.2, -0.15) is 0 Å². The Morgan fingerprint density at radius 3 is 2.36 bits per heavy atom. The van der Waals surface area contributed by atoms with Crippen LogP contribution in [0.4, 0.5) is 4.79 Å². The second-order valence-electron chi connectivity index (χ2n) is 1.86. The number of hydrogen-bond donors (Lipinski definition) is 5. The molecule has 0 saturated heterocycles. The maximum atomic E-state index is 10.6. The highest BCUT2D eigenvalue weighted by Gasteiger charge is 2.09. The summed E-state index contributed by atoms with van der Waals surface area (Å²) in [6.45, 7) is 1.51. The van der Waals surface area contributed by atoms with E-state index in [2.05, 4.69) is 5.43 Å². The second-order valence-corrected chi connectivity index (χ2v) is 1.86. The number of nitrogens with one attached hydrogen (secondary N) is 3. The summed E-state index contributed by atoms with van der Waals surface area (Å²) >= 11 is 0. The number of hydrazine groups is 2. The molecular weight excluding hydrogens is 150 g/mol. The maximum absolute atomic E-state index is 10.6. The molecule has 0 aliphatic heterocycles. The van der Waals surface area contributed by atoms with Crippen molar-refractivity contribution in [1.82, 2.24) is 16.3 Å². The van der Waals surface area contributed by atoms with E-state index in [1.165, 1.54) is 6.92 Å². The number of carbonyl (C=O) groups is 2. The maximum Gasteiger partial charge on any atom is 0.326 e. The molecule has 7 heteroatoms. The average Bonchev–Trinajstić information content (AvgIpc) is 1.98. The van der Waals surface area contributed by atoms with Crippen molar-refractivity contribution in [1.29, 1.82) is 0 Å². The van der Waals surface area contributed by atoms with Crippen molar-refractivity contribution in [3.8, 4) is 0 Å². The van der Waals surface area contributed by atoms with Crippen LogP contribution in [0.5, 0.6) is 0 Å². The minimum Gasteiger partial charge on any atom is -0.351 e. The fourth-order valence-corrected chi connectivity index (χ4v) is 0.370. The minimum atomic E-state index is -0.762. The predicted molar refractivity (Wildman–Crippen MR) is 37.6 cm³/mol. The molecule has 7 N–H and O–H groups in total. The number of amides is 3. The summed E-state index contributed by atoms with van der Waals surface area (Å²) in [6.07, 6.45) is 0. The Kier molecular flexibility index (Phi) is 3.93. The van der Waals surface area contributed by atoms with Crippen molar-refractivity contribution < 1.29 is 9.59 Å². The minimum absolute atomic E-state index is 0.446. The number of urea groups is 1. The molecule has 0 aliphatic carbocycles. The molecule has 11 heavy (non-hydrogen) atoms. The summed E-state index contributed by atoms with van der Waals surface area (Å²) in [7, 11) is 0. The van der Waals surface area contributed by atoms with E-state index in [0.717, 1.165) is 0 Å². The lowest BCUT2D eigenvalue weighted by Crippen LogP contribution is -2.52. The van der Waals surface area contributed by atoms with Crippen molar-refractivity contribution in [3.05, 3.63) is 0 Å². The lowest BCUT2D eigenvalue weighted by molar-refractivity contribution is -0.122. The molecule has 0 fully saturated rings. The first-order chi connectivity index (χ1) is 5.07. The van der Waals surface area contributed by atoms with Gasteiger partial charge in [-0.1, -0.05) is 0 Å². The van der Waals surface area contributed by atoms with Gasteiger partial charge < -0.3 is 5.73 Å². The van der Waals surface area contributed by atoms with E-state index in [0.29, 0.717) is 0 Å². The van der Waals surface area contributed by atoms with Gasteiger partial charge in [0.15, 0.2) is 0 Å². The molecular formula is C4H11N5O2. The molecule has 1 unspecified atom stereocenters. The van der Waals surface area contributed by atoms with Crippen molar-refractivity contribution >= 4 is 11.9 Å². The molecule has 0 aromatic heterocycles. The Labute approximate surface area is 63.4 Å². The van der Waals surface area contributed by atoms with E-state index < -0.39 is 18.0 Å². The van der Waals surface area contributed by atoms with E-state index >= 15 is 0 Å². The summed E-state index contributed by atoms with van der Waals surface area (Å²) in [5.41, 5.74) is 11.0. The monoisotopic (exact) mass is 161 g/mol. The zero-order valence-corrected chi connectivity index (χ0v) is 6.05. The summed E-state index contributed by atoms with van der Waals surface area (Å²) < 4.78 is 0. The summed E-state index contributed by atoms with van der Waals surface area (Å²) in [6, 6.07) is -1.38. The third-order valence-electron chi connectivity index (χ3n) is 0.947. The Morgan fingerprint density at radius 2 is 2.00 bits per heavy atom. The van der Waals surface area contributed by atoms with Gasteiger partial charge in [0.05, 0.1) is 0 Å². The molecule has 0 aromatic carbocycles. The van der Waals surface area contributed by atoms with Gasteiger partial charge in [-0.25, -0.2) is 16.1 Å². The summed E-state index contributed by atoms with van der Waals surface area (Å²) in [5.74, 6) is 4.35. The zero-order valence-electron chi connectivity index (χ0n) is 6.05.